The molecule has 2 rings (SSSR count). The molecule has 0 fully saturated rings. The number of hydrogen-bond acceptors (Lipinski definition) is 3. The van der Waals surface area contributed by atoms with Gasteiger partial charge in [-0.3, -0.25) is 4.79 Å². The summed E-state index contributed by atoms with van der Waals surface area (Å²) in [5.74, 6) is -1.54. The van der Waals surface area contributed by atoms with E-state index in [9.17, 15) is 13.6 Å². The lowest BCUT2D eigenvalue weighted by Crippen LogP contribution is -2.19. The van der Waals surface area contributed by atoms with Gasteiger partial charge in [-0.05, 0) is 24.3 Å². The highest BCUT2D eigenvalue weighted by atomic mass is 19.1. The molecule has 0 aromatic heterocycles. The van der Waals surface area contributed by atoms with Crippen LogP contribution in [0.4, 0.5) is 20.2 Å². The SMILES string of the molecule is Nc1ccc(F)c(NC(=O)COCc2ccccc2F)c1. The van der Waals surface area contributed by atoms with Crippen LogP contribution in [0.25, 0.3) is 0 Å². The number of hydrogen-bond donors (Lipinski definition) is 2. The third kappa shape index (κ3) is 4.25. The summed E-state index contributed by atoms with van der Waals surface area (Å²) in [5.41, 5.74) is 6.17. The maximum absolute atomic E-state index is 13.4. The van der Waals surface area contributed by atoms with Crippen LogP contribution in [0.15, 0.2) is 42.5 Å². The Bertz CT molecular complexity index is 647. The molecule has 0 bridgehead atoms. The standard InChI is InChI=1S/C15H14F2N2O2/c16-12-4-2-1-3-10(12)8-21-9-15(20)19-14-7-11(18)5-6-13(14)17/h1-7H,8-9,18H2,(H,19,20). The Morgan fingerprint density at radius 1 is 1.14 bits per heavy atom. The number of rotatable bonds is 5. The van der Waals surface area contributed by atoms with Crippen molar-refractivity contribution in [3.05, 3.63) is 59.7 Å². The van der Waals surface area contributed by atoms with Gasteiger partial charge in [0.2, 0.25) is 5.91 Å². The molecule has 0 spiro atoms. The fraction of sp³-hybridized carbons (Fsp3) is 0.133. The van der Waals surface area contributed by atoms with Gasteiger partial charge in [-0.2, -0.15) is 0 Å². The van der Waals surface area contributed by atoms with Gasteiger partial charge in [-0.1, -0.05) is 18.2 Å². The first-order chi connectivity index (χ1) is 10.1. The molecule has 0 heterocycles. The molecular formula is C15H14F2N2O2. The molecule has 0 saturated carbocycles. The quantitative estimate of drug-likeness (QED) is 0.833. The number of anilines is 2. The molecule has 0 aliphatic rings. The van der Waals surface area contributed by atoms with Crippen molar-refractivity contribution >= 4 is 17.3 Å². The van der Waals surface area contributed by atoms with Crippen LogP contribution in [0, 0.1) is 11.6 Å². The second-order valence-corrected chi connectivity index (χ2v) is 4.37. The van der Waals surface area contributed by atoms with Crippen LogP contribution in [-0.2, 0) is 16.1 Å². The highest BCUT2D eigenvalue weighted by Crippen LogP contribution is 2.17. The van der Waals surface area contributed by atoms with Crippen molar-refractivity contribution < 1.29 is 18.3 Å². The third-order valence-electron chi connectivity index (χ3n) is 2.71. The van der Waals surface area contributed by atoms with Gasteiger partial charge in [0.05, 0.1) is 12.3 Å². The van der Waals surface area contributed by atoms with Crippen molar-refractivity contribution in [3.8, 4) is 0 Å². The predicted molar refractivity (Wildman–Crippen MR) is 75.5 cm³/mol. The molecule has 0 saturated heterocycles. The first kappa shape index (κ1) is 14.9. The summed E-state index contributed by atoms with van der Waals surface area (Å²) >= 11 is 0. The minimum Gasteiger partial charge on any atom is -0.399 e. The lowest BCUT2D eigenvalue weighted by molar-refractivity contribution is -0.121. The smallest absolute Gasteiger partial charge is 0.250 e. The first-order valence-electron chi connectivity index (χ1n) is 6.22. The molecule has 6 heteroatoms. The minimum atomic E-state index is -0.591. The van der Waals surface area contributed by atoms with Crippen LogP contribution >= 0.6 is 0 Å². The van der Waals surface area contributed by atoms with Crippen molar-refractivity contribution in [1.29, 1.82) is 0 Å². The van der Waals surface area contributed by atoms with Crippen LogP contribution in [0.2, 0.25) is 0 Å². The maximum Gasteiger partial charge on any atom is 0.250 e. The van der Waals surface area contributed by atoms with Gasteiger partial charge in [0.25, 0.3) is 0 Å². The van der Waals surface area contributed by atoms with E-state index in [2.05, 4.69) is 5.32 Å². The monoisotopic (exact) mass is 292 g/mol. The Morgan fingerprint density at radius 3 is 2.67 bits per heavy atom. The Hall–Kier alpha value is -2.47. The number of amides is 1. The first-order valence-corrected chi connectivity index (χ1v) is 6.22. The summed E-state index contributed by atoms with van der Waals surface area (Å²) in [4.78, 5) is 11.6. The Kier molecular flexibility index (Phi) is 4.84. The molecule has 4 nitrogen and oxygen atoms in total. The second kappa shape index (κ2) is 6.81. The zero-order chi connectivity index (χ0) is 15.2. The van der Waals surface area contributed by atoms with Gasteiger partial charge in [0, 0.05) is 11.3 Å². The lowest BCUT2D eigenvalue weighted by Gasteiger charge is -2.08. The van der Waals surface area contributed by atoms with E-state index in [0.29, 0.717) is 11.3 Å². The number of nitrogen functional groups attached to an aromatic ring is 1. The minimum absolute atomic E-state index is 0.0190. The van der Waals surface area contributed by atoms with Gasteiger partial charge >= 0.3 is 0 Å². The van der Waals surface area contributed by atoms with E-state index in [-0.39, 0.29) is 18.9 Å². The van der Waals surface area contributed by atoms with Gasteiger partial charge < -0.3 is 15.8 Å². The van der Waals surface area contributed by atoms with Crippen LogP contribution in [0.5, 0.6) is 0 Å². The molecule has 21 heavy (non-hydrogen) atoms. The van der Waals surface area contributed by atoms with Gasteiger partial charge in [-0.15, -0.1) is 0 Å². The zero-order valence-electron chi connectivity index (χ0n) is 11.1. The Balaban J connectivity index is 1.85. The number of carbonyl (C=O) groups excluding carboxylic acids is 1. The van der Waals surface area contributed by atoms with E-state index in [4.69, 9.17) is 10.5 Å². The average molecular weight is 292 g/mol. The Morgan fingerprint density at radius 2 is 1.90 bits per heavy atom. The summed E-state index contributed by atoms with van der Waals surface area (Å²) in [6, 6.07) is 9.96. The molecule has 3 N–H and O–H groups in total. The summed E-state index contributed by atoms with van der Waals surface area (Å²) in [6.45, 7) is -0.359. The number of nitrogens with one attached hydrogen (secondary N) is 1. The molecule has 0 unspecified atom stereocenters. The molecule has 0 aliphatic carbocycles. The largest absolute Gasteiger partial charge is 0.399 e. The van der Waals surface area contributed by atoms with Crippen molar-refractivity contribution in [1.82, 2.24) is 0 Å². The van der Waals surface area contributed by atoms with Gasteiger partial charge in [0.15, 0.2) is 0 Å². The highest BCUT2D eigenvalue weighted by Gasteiger charge is 2.08. The molecule has 110 valence electrons. The van der Waals surface area contributed by atoms with Gasteiger partial charge in [0.1, 0.15) is 18.2 Å². The van der Waals surface area contributed by atoms with E-state index in [1.54, 1.807) is 18.2 Å². The summed E-state index contributed by atoms with van der Waals surface area (Å²) < 4.78 is 31.8. The Labute approximate surface area is 120 Å². The molecule has 1 amide bonds. The van der Waals surface area contributed by atoms with E-state index in [0.717, 1.165) is 6.07 Å². The summed E-state index contributed by atoms with van der Waals surface area (Å²) in [7, 11) is 0. The van der Waals surface area contributed by atoms with Crippen LogP contribution in [-0.4, -0.2) is 12.5 Å². The zero-order valence-corrected chi connectivity index (χ0v) is 11.1. The molecule has 2 aromatic rings. The topological polar surface area (TPSA) is 64.3 Å². The highest BCUT2D eigenvalue weighted by molar-refractivity contribution is 5.92. The molecular weight excluding hydrogens is 278 g/mol. The average Bonchev–Trinajstić information content (AvgIpc) is 2.45. The van der Waals surface area contributed by atoms with Crippen LogP contribution < -0.4 is 11.1 Å². The van der Waals surface area contributed by atoms with E-state index in [1.165, 1.54) is 18.2 Å². The normalized spacial score (nSPS) is 10.4. The molecule has 0 radical (unpaired) electrons. The summed E-state index contributed by atoms with van der Waals surface area (Å²) in [6.07, 6.45) is 0. The van der Waals surface area contributed by atoms with E-state index >= 15 is 0 Å². The number of benzene rings is 2. The maximum atomic E-state index is 13.4. The van der Waals surface area contributed by atoms with Crippen molar-refractivity contribution in [2.75, 3.05) is 17.7 Å². The number of carbonyl (C=O) groups is 1. The molecule has 0 aliphatic heterocycles. The fourth-order valence-electron chi connectivity index (χ4n) is 1.69. The van der Waals surface area contributed by atoms with E-state index in [1.807, 2.05) is 0 Å². The van der Waals surface area contributed by atoms with Crippen molar-refractivity contribution in [2.45, 2.75) is 6.61 Å². The number of halogens is 2. The lowest BCUT2D eigenvalue weighted by atomic mass is 10.2. The number of ether oxygens (including phenoxy) is 1. The third-order valence-corrected chi connectivity index (χ3v) is 2.71. The summed E-state index contributed by atoms with van der Waals surface area (Å²) in [5, 5.41) is 2.34. The van der Waals surface area contributed by atoms with Crippen LogP contribution in [0.1, 0.15) is 5.56 Å². The van der Waals surface area contributed by atoms with Crippen LogP contribution in [0.3, 0.4) is 0 Å². The molecule has 0 atom stereocenters. The van der Waals surface area contributed by atoms with Gasteiger partial charge in [-0.25, -0.2) is 8.78 Å². The van der Waals surface area contributed by atoms with Crippen molar-refractivity contribution in [2.24, 2.45) is 0 Å². The molecule has 2 aromatic carbocycles. The van der Waals surface area contributed by atoms with E-state index < -0.39 is 17.5 Å². The second-order valence-electron chi connectivity index (χ2n) is 4.37. The van der Waals surface area contributed by atoms with Crippen molar-refractivity contribution in [3.63, 3.8) is 0 Å². The fourth-order valence-corrected chi connectivity index (χ4v) is 1.69. The number of nitrogens with two attached hydrogens (primary N) is 1. The predicted octanol–water partition coefficient (Wildman–Crippen LogP) is 2.70.